The largest absolute Gasteiger partial charge is 0.486 e. The molecule has 0 N–H and O–H groups in total. The topological polar surface area (TPSA) is 42.8 Å². The zero-order chi connectivity index (χ0) is 19.6. The second kappa shape index (κ2) is 7.89. The summed E-state index contributed by atoms with van der Waals surface area (Å²) in [5.41, 5.74) is 4.36. The van der Waals surface area contributed by atoms with Crippen molar-refractivity contribution in [1.29, 1.82) is 0 Å². The third kappa shape index (κ3) is 3.86. The standard InChI is InChI=1S/C23H26N4O2/c1-25-9-11-26(12-10-25)16-19-17-27(20-5-3-2-4-6-20)24-23(19)18-7-8-21-22(15-18)29-14-13-28-21/h2-8,15,17H,9-14,16H2,1H3. The molecule has 0 bridgehead atoms. The zero-order valence-corrected chi connectivity index (χ0v) is 16.8. The van der Waals surface area contributed by atoms with Gasteiger partial charge in [-0.15, -0.1) is 0 Å². The fourth-order valence-electron chi connectivity index (χ4n) is 3.92. The van der Waals surface area contributed by atoms with Crippen LogP contribution in [0.2, 0.25) is 0 Å². The third-order valence-corrected chi connectivity index (χ3v) is 5.62. The first-order valence-electron chi connectivity index (χ1n) is 10.2. The highest BCUT2D eigenvalue weighted by atomic mass is 16.6. The number of likely N-dealkylation sites (N-methyl/N-ethyl adjacent to an activating group) is 1. The highest BCUT2D eigenvalue weighted by molar-refractivity contribution is 5.67. The van der Waals surface area contributed by atoms with Crippen LogP contribution in [0, 0.1) is 0 Å². The first-order valence-corrected chi connectivity index (χ1v) is 10.2. The van der Waals surface area contributed by atoms with Crippen molar-refractivity contribution in [2.45, 2.75) is 6.54 Å². The SMILES string of the molecule is CN1CCN(Cc2cn(-c3ccccc3)nc2-c2ccc3c(c2)OCCO3)CC1. The Hall–Kier alpha value is -2.83. The van der Waals surface area contributed by atoms with E-state index in [0.717, 1.165) is 61.2 Å². The van der Waals surface area contributed by atoms with Gasteiger partial charge in [0.2, 0.25) is 0 Å². The Kier molecular flexibility index (Phi) is 4.96. The van der Waals surface area contributed by atoms with Crippen LogP contribution in [0.5, 0.6) is 11.5 Å². The smallest absolute Gasteiger partial charge is 0.162 e. The van der Waals surface area contributed by atoms with Crippen LogP contribution >= 0.6 is 0 Å². The molecule has 2 aromatic carbocycles. The lowest BCUT2D eigenvalue weighted by molar-refractivity contribution is 0.148. The molecule has 1 aromatic heterocycles. The number of benzene rings is 2. The van der Waals surface area contributed by atoms with Crippen molar-refractivity contribution in [3.8, 4) is 28.4 Å². The van der Waals surface area contributed by atoms with Crippen LogP contribution in [0.15, 0.2) is 54.7 Å². The Morgan fingerprint density at radius 1 is 0.897 bits per heavy atom. The van der Waals surface area contributed by atoms with Gasteiger partial charge in [0.15, 0.2) is 11.5 Å². The van der Waals surface area contributed by atoms with Crippen LogP contribution in [-0.2, 0) is 6.54 Å². The molecule has 3 heterocycles. The van der Waals surface area contributed by atoms with Crippen molar-refractivity contribution in [3.05, 3.63) is 60.3 Å². The number of ether oxygens (including phenoxy) is 2. The van der Waals surface area contributed by atoms with Crippen molar-refractivity contribution in [1.82, 2.24) is 19.6 Å². The maximum Gasteiger partial charge on any atom is 0.162 e. The number of nitrogens with zero attached hydrogens (tertiary/aromatic N) is 4. The molecule has 0 unspecified atom stereocenters. The van der Waals surface area contributed by atoms with Crippen molar-refractivity contribution in [3.63, 3.8) is 0 Å². The van der Waals surface area contributed by atoms with E-state index in [9.17, 15) is 0 Å². The lowest BCUT2D eigenvalue weighted by Crippen LogP contribution is -2.43. The van der Waals surface area contributed by atoms with Gasteiger partial charge in [0.05, 0.1) is 11.4 Å². The van der Waals surface area contributed by atoms with Gasteiger partial charge in [0, 0.05) is 50.0 Å². The minimum atomic E-state index is 0.586. The van der Waals surface area contributed by atoms with Crippen molar-refractivity contribution >= 4 is 0 Å². The molecule has 1 saturated heterocycles. The molecule has 0 radical (unpaired) electrons. The maximum atomic E-state index is 5.80. The van der Waals surface area contributed by atoms with Crippen molar-refractivity contribution in [2.24, 2.45) is 0 Å². The van der Waals surface area contributed by atoms with Crippen LogP contribution in [0.3, 0.4) is 0 Å². The van der Waals surface area contributed by atoms with E-state index >= 15 is 0 Å². The summed E-state index contributed by atoms with van der Waals surface area (Å²) in [7, 11) is 2.19. The summed E-state index contributed by atoms with van der Waals surface area (Å²) in [6.07, 6.45) is 2.17. The summed E-state index contributed by atoms with van der Waals surface area (Å²) in [5, 5.41) is 4.96. The molecular weight excluding hydrogens is 364 g/mol. The van der Waals surface area contributed by atoms with Gasteiger partial charge in [0.1, 0.15) is 13.2 Å². The minimum absolute atomic E-state index is 0.586. The molecule has 3 aromatic rings. The molecular formula is C23H26N4O2. The molecule has 0 spiro atoms. The first-order chi connectivity index (χ1) is 14.3. The Balaban J connectivity index is 1.51. The van der Waals surface area contributed by atoms with E-state index in [1.165, 1.54) is 5.56 Å². The van der Waals surface area contributed by atoms with E-state index < -0.39 is 0 Å². The summed E-state index contributed by atoms with van der Waals surface area (Å²) >= 11 is 0. The van der Waals surface area contributed by atoms with Crippen LogP contribution in [0.25, 0.3) is 16.9 Å². The van der Waals surface area contributed by atoms with Gasteiger partial charge >= 0.3 is 0 Å². The van der Waals surface area contributed by atoms with Gasteiger partial charge in [-0.25, -0.2) is 4.68 Å². The average Bonchev–Trinajstić information content (AvgIpc) is 3.19. The van der Waals surface area contributed by atoms with Crippen molar-refractivity contribution < 1.29 is 9.47 Å². The second-order valence-electron chi connectivity index (χ2n) is 7.72. The van der Waals surface area contributed by atoms with E-state index in [-0.39, 0.29) is 0 Å². The summed E-state index contributed by atoms with van der Waals surface area (Å²) in [5.74, 6) is 1.61. The third-order valence-electron chi connectivity index (χ3n) is 5.62. The summed E-state index contributed by atoms with van der Waals surface area (Å²) in [6, 6.07) is 16.4. The Labute approximate surface area is 171 Å². The number of hydrogen-bond acceptors (Lipinski definition) is 5. The number of aromatic nitrogens is 2. The molecule has 2 aliphatic rings. The Morgan fingerprint density at radius 2 is 1.66 bits per heavy atom. The quantitative estimate of drug-likeness (QED) is 0.685. The molecule has 6 heteroatoms. The van der Waals surface area contributed by atoms with Gasteiger partial charge in [0.25, 0.3) is 0 Å². The van der Waals surface area contributed by atoms with E-state index in [2.05, 4.69) is 47.3 Å². The highest BCUT2D eigenvalue weighted by Crippen LogP contribution is 2.35. The number of hydrogen-bond donors (Lipinski definition) is 0. The second-order valence-corrected chi connectivity index (χ2v) is 7.72. The van der Waals surface area contributed by atoms with Crippen LogP contribution in [0.1, 0.15) is 5.56 Å². The average molecular weight is 390 g/mol. The Bertz CT molecular complexity index is 978. The van der Waals surface area contributed by atoms with Crippen LogP contribution < -0.4 is 9.47 Å². The molecule has 1 fully saturated rings. The lowest BCUT2D eigenvalue weighted by atomic mass is 10.1. The molecule has 150 valence electrons. The summed E-state index contributed by atoms with van der Waals surface area (Å²) in [6.45, 7) is 6.44. The van der Waals surface area contributed by atoms with Gasteiger partial charge in [-0.2, -0.15) is 5.10 Å². The maximum absolute atomic E-state index is 5.80. The number of fused-ring (bicyclic) bond motifs is 1. The normalized spacial score (nSPS) is 17.4. The minimum Gasteiger partial charge on any atom is -0.486 e. The number of para-hydroxylation sites is 1. The predicted octanol–water partition coefficient (Wildman–Crippen LogP) is 3.06. The highest BCUT2D eigenvalue weighted by Gasteiger charge is 2.20. The van der Waals surface area contributed by atoms with Crippen LogP contribution in [0.4, 0.5) is 0 Å². The van der Waals surface area contributed by atoms with Gasteiger partial charge in [-0.1, -0.05) is 18.2 Å². The predicted molar refractivity (Wildman–Crippen MR) is 113 cm³/mol. The van der Waals surface area contributed by atoms with Gasteiger partial charge < -0.3 is 14.4 Å². The molecule has 2 aliphatic heterocycles. The molecule has 6 nitrogen and oxygen atoms in total. The number of rotatable bonds is 4. The fourth-order valence-corrected chi connectivity index (χ4v) is 3.92. The van der Waals surface area contributed by atoms with E-state index in [1.807, 2.05) is 28.9 Å². The monoisotopic (exact) mass is 390 g/mol. The Morgan fingerprint density at radius 3 is 2.45 bits per heavy atom. The van der Waals surface area contributed by atoms with Gasteiger partial charge in [-0.3, -0.25) is 4.90 Å². The molecule has 0 aliphatic carbocycles. The zero-order valence-electron chi connectivity index (χ0n) is 16.8. The van der Waals surface area contributed by atoms with E-state index in [1.54, 1.807) is 0 Å². The summed E-state index contributed by atoms with van der Waals surface area (Å²) in [4.78, 5) is 4.89. The molecule has 0 saturated carbocycles. The van der Waals surface area contributed by atoms with Gasteiger partial charge in [-0.05, 0) is 37.4 Å². The number of piperazine rings is 1. The molecule has 0 atom stereocenters. The van der Waals surface area contributed by atoms with Crippen molar-refractivity contribution in [2.75, 3.05) is 46.4 Å². The molecule has 5 rings (SSSR count). The molecule has 29 heavy (non-hydrogen) atoms. The summed E-state index contributed by atoms with van der Waals surface area (Å²) < 4.78 is 13.5. The fraction of sp³-hybridized carbons (Fsp3) is 0.348. The first kappa shape index (κ1) is 18.2. The lowest BCUT2D eigenvalue weighted by Gasteiger charge is -2.32. The molecule has 0 amide bonds. The van der Waals surface area contributed by atoms with E-state index in [0.29, 0.717) is 13.2 Å². The van der Waals surface area contributed by atoms with E-state index in [4.69, 9.17) is 14.6 Å². The van der Waals surface area contributed by atoms with Crippen LogP contribution in [-0.4, -0.2) is 66.0 Å².